The van der Waals surface area contributed by atoms with Gasteiger partial charge >= 0.3 is 0 Å². The molecule has 6 nitrogen and oxygen atoms in total. The monoisotopic (exact) mass is 677 g/mol. The van der Waals surface area contributed by atoms with Gasteiger partial charge in [-0.3, -0.25) is 14.1 Å². The highest BCUT2D eigenvalue weighted by Gasteiger charge is 2.27. The summed E-state index contributed by atoms with van der Waals surface area (Å²) in [6, 6.07) is 39.7. The van der Waals surface area contributed by atoms with Crippen molar-refractivity contribution in [3.63, 3.8) is 0 Å². The van der Waals surface area contributed by atoms with E-state index in [0.717, 1.165) is 42.7 Å². The Morgan fingerprint density at radius 3 is 2.06 bits per heavy atom. The van der Waals surface area contributed by atoms with Gasteiger partial charge in [-0.1, -0.05) is 72.8 Å². The zero-order valence-electron chi connectivity index (χ0n) is 27.2. The highest BCUT2D eigenvalue weighted by atomic mass is 32.2. The number of carbonyl (C=O) groups is 1. The highest BCUT2D eigenvalue weighted by molar-refractivity contribution is 8.00. The third-order valence-electron chi connectivity index (χ3n) is 8.37. The van der Waals surface area contributed by atoms with E-state index in [2.05, 4.69) is 4.90 Å². The van der Waals surface area contributed by atoms with E-state index in [0.29, 0.717) is 47.3 Å². The molecule has 0 bridgehead atoms. The molecule has 0 radical (unpaired) electrons. The SMILES string of the molecule is O=C(c1ccc(OC2CCN(CCCF)C2)cc1)C(Sc1cc(OCc2ccccc2)ccc1O)c1ccc(OCc2ccccc2)cc1. The van der Waals surface area contributed by atoms with Gasteiger partial charge < -0.3 is 19.3 Å². The lowest BCUT2D eigenvalue weighted by Crippen LogP contribution is -2.26. The maximum atomic E-state index is 14.2. The van der Waals surface area contributed by atoms with Gasteiger partial charge in [-0.25, -0.2) is 0 Å². The van der Waals surface area contributed by atoms with Crippen molar-refractivity contribution in [1.82, 2.24) is 4.90 Å². The molecule has 252 valence electrons. The van der Waals surface area contributed by atoms with Crippen LogP contribution in [0.1, 0.15) is 45.1 Å². The van der Waals surface area contributed by atoms with Crippen LogP contribution in [0.2, 0.25) is 0 Å². The van der Waals surface area contributed by atoms with Crippen LogP contribution >= 0.6 is 11.8 Å². The van der Waals surface area contributed by atoms with E-state index in [4.69, 9.17) is 14.2 Å². The molecule has 49 heavy (non-hydrogen) atoms. The number of aromatic hydroxyl groups is 1. The summed E-state index contributed by atoms with van der Waals surface area (Å²) in [5, 5.41) is 10.2. The van der Waals surface area contributed by atoms with Gasteiger partial charge in [-0.05, 0) is 84.1 Å². The number of Topliss-reactive ketones (excluding diaryl/α,β-unsaturated/α-hetero) is 1. The van der Waals surface area contributed by atoms with Crippen molar-refractivity contribution < 1.29 is 28.5 Å². The summed E-state index contributed by atoms with van der Waals surface area (Å²) in [7, 11) is 0. The van der Waals surface area contributed by atoms with Gasteiger partial charge in [-0.15, -0.1) is 11.8 Å². The molecule has 1 aliphatic rings. The molecule has 5 aromatic carbocycles. The molecule has 0 aliphatic carbocycles. The molecule has 0 spiro atoms. The van der Waals surface area contributed by atoms with Gasteiger partial charge in [-0.2, -0.15) is 0 Å². The number of ketones is 1. The van der Waals surface area contributed by atoms with Crippen LogP contribution in [0.3, 0.4) is 0 Å². The van der Waals surface area contributed by atoms with Crippen LogP contribution < -0.4 is 14.2 Å². The second-order valence-corrected chi connectivity index (χ2v) is 13.2. The standard InChI is InChI=1S/C41H40FNO5S/c42-23-7-24-43-25-22-37(27-43)48-35-18-12-32(13-19-35)40(45)41(33-14-16-34(17-15-33)46-28-30-8-3-1-4-9-30)49-39-26-36(20-21-38(39)44)47-29-31-10-5-2-6-11-31/h1-6,8-21,26,37,41,44H,7,22-25,27-29H2. The molecule has 1 fully saturated rings. The summed E-state index contributed by atoms with van der Waals surface area (Å²) in [5.41, 5.74) is 3.40. The summed E-state index contributed by atoms with van der Waals surface area (Å²) in [6.45, 7) is 2.90. The second-order valence-electron chi connectivity index (χ2n) is 12.0. The maximum absolute atomic E-state index is 14.2. The zero-order valence-corrected chi connectivity index (χ0v) is 28.1. The van der Waals surface area contributed by atoms with Gasteiger partial charge in [0.05, 0.1) is 16.8 Å². The first-order chi connectivity index (χ1) is 24.0. The molecule has 5 aromatic rings. The summed E-state index contributed by atoms with van der Waals surface area (Å²) in [4.78, 5) is 17.0. The predicted molar refractivity (Wildman–Crippen MR) is 192 cm³/mol. The molecular formula is C41H40FNO5S. The molecule has 0 saturated carbocycles. The fraction of sp³-hybridized carbons (Fsp3) is 0.244. The molecule has 1 N–H and O–H groups in total. The highest BCUT2D eigenvalue weighted by Crippen LogP contribution is 2.43. The molecule has 2 atom stereocenters. The van der Waals surface area contributed by atoms with Crippen molar-refractivity contribution in [2.45, 2.75) is 42.3 Å². The Bertz CT molecular complexity index is 1770. The lowest BCUT2D eigenvalue weighted by molar-refractivity contribution is 0.0989. The number of ether oxygens (including phenoxy) is 3. The number of nitrogens with zero attached hydrogens (tertiary/aromatic N) is 1. The molecule has 1 saturated heterocycles. The normalized spacial score (nSPS) is 15.1. The molecule has 0 aromatic heterocycles. The Hall–Kier alpha value is -4.79. The van der Waals surface area contributed by atoms with E-state index in [1.807, 2.05) is 97.1 Å². The van der Waals surface area contributed by atoms with Crippen molar-refractivity contribution in [3.05, 3.63) is 150 Å². The quantitative estimate of drug-likeness (QED) is 0.0826. The molecule has 6 rings (SSSR count). The average Bonchev–Trinajstić information content (AvgIpc) is 3.60. The van der Waals surface area contributed by atoms with Crippen molar-refractivity contribution in [3.8, 4) is 23.0 Å². The third-order valence-corrected chi connectivity index (χ3v) is 9.68. The number of phenolic OH excluding ortho intramolecular Hbond substituents is 1. The van der Waals surface area contributed by atoms with Crippen LogP contribution in [-0.2, 0) is 13.2 Å². The van der Waals surface area contributed by atoms with Gasteiger partial charge in [0.1, 0.15) is 42.3 Å². The molecular weight excluding hydrogens is 638 g/mol. The topological polar surface area (TPSA) is 68.2 Å². The van der Waals surface area contributed by atoms with Crippen LogP contribution in [0.4, 0.5) is 4.39 Å². The molecule has 2 unspecified atom stereocenters. The van der Waals surface area contributed by atoms with Gasteiger partial charge in [0.15, 0.2) is 5.78 Å². The van der Waals surface area contributed by atoms with E-state index < -0.39 is 5.25 Å². The number of carbonyl (C=O) groups excluding carboxylic acids is 1. The minimum Gasteiger partial charge on any atom is -0.507 e. The van der Waals surface area contributed by atoms with Gasteiger partial charge in [0, 0.05) is 25.2 Å². The number of thioether (sulfide) groups is 1. The molecule has 8 heteroatoms. The fourth-order valence-electron chi connectivity index (χ4n) is 5.72. The lowest BCUT2D eigenvalue weighted by Gasteiger charge is -2.19. The van der Waals surface area contributed by atoms with Gasteiger partial charge in [0.25, 0.3) is 0 Å². The summed E-state index contributed by atoms with van der Waals surface area (Å²) >= 11 is 1.28. The van der Waals surface area contributed by atoms with Crippen LogP contribution in [0.25, 0.3) is 0 Å². The maximum Gasteiger partial charge on any atom is 0.180 e. The lowest BCUT2D eigenvalue weighted by atomic mass is 10.0. The number of hydrogen-bond acceptors (Lipinski definition) is 7. The van der Waals surface area contributed by atoms with Crippen LogP contribution in [0.15, 0.2) is 132 Å². The Kier molecular flexibility index (Phi) is 11.9. The zero-order chi connectivity index (χ0) is 33.8. The number of phenols is 1. The Labute approximate surface area is 291 Å². The van der Waals surface area contributed by atoms with E-state index >= 15 is 0 Å². The van der Waals surface area contributed by atoms with E-state index in [-0.39, 0.29) is 24.3 Å². The van der Waals surface area contributed by atoms with E-state index in [1.54, 1.807) is 30.3 Å². The second kappa shape index (κ2) is 17.0. The minimum atomic E-state index is -0.663. The van der Waals surface area contributed by atoms with E-state index in [1.165, 1.54) is 11.8 Å². The smallest absolute Gasteiger partial charge is 0.180 e. The average molecular weight is 678 g/mol. The van der Waals surface area contributed by atoms with Crippen molar-refractivity contribution in [2.75, 3.05) is 26.3 Å². The third kappa shape index (κ3) is 9.65. The summed E-state index contributed by atoms with van der Waals surface area (Å²) in [6.07, 6.45) is 1.45. The van der Waals surface area contributed by atoms with Crippen LogP contribution in [0.5, 0.6) is 23.0 Å². The minimum absolute atomic E-state index is 0.0338. The number of hydrogen-bond donors (Lipinski definition) is 1. The van der Waals surface area contributed by atoms with Gasteiger partial charge in [0.2, 0.25) is 0 Å². The van der Waals surface area contributed by atoms with Crippen molar-refractivity contribution >= 4 is 17.5 Å². The first-order valence-electron chi connectivity index (χ1n) is 16.6. The summed E-state index contributed by atoms with van der Waals surface area (Å²) in [5.74, 6) is 1.94. The van der Waals surface area contributed by atoms with Crippen molar-refractivity contribution in [1.29, 1.82) is 0 Å². The van der Waals surface area contributed by atoms with Crippen molar-refractivity contribution in [2.24, 2.45) is 0 Å². The number of benzene rings is 5. The molecule has 1 aliphatic heterocycles. The number of likely N-dealkylation sites (tertiary alicyclic amines) is 1. The van der Waals surface area contributed by atoms with Crippen LogP contribution in [-0.4, -0.2) is 48.2 Å². The Morgan fingerprint density at radius 2 is 1.41 bits per heavy atom. The first kappa shape index (κ1) is 34.1. The molecule has 0 amide bonds. The van der Waals surface area contributed by atoms with Crippen LogP contribution in [0, 0.1) is 0 Å². The largest absolute Gasteiger partial charge is 0.507 e. The first-order valence-corrected chi connectivity index (χ1v) is 17.4. The Balaban J connectivity index is 1.19. The summed E-state index contributed by atoms with van der Waals surface area (Å²) < 4.78 is 30.8. The number of halogens is 1. The van der Waals surface area contributed by atoms with E-state index in [9.17, 15) is 14.3 Å². The molecule has 1 heterocycles. The number of rotatable bonds is 16. The Morgan fingerprint density at radius 1 is 0.796 bits per heavy atom. The predicted octanol–water partition coefficient (Wildman–Crippen LogP) is 9.08. The fourth-order valence-corrected chi connectivity index (χ4v) is 6.88. The number of alkyl halides is 1.